The van der Waals surface area contributed by atoms with Gasteiger partial charge < -0.3 is 22.1 Å². The van der Waals surface area contributed by atoms with Gasteiger partial charge in [-0.2, -0.15) is 0 Å². The molecule has 146 valence electrons. The molecule has 2 aromatic rings. The Kier molecular flexibility index (Phi) is 7.90. The van der Waals surface area contributed by atoms with Crippen molar-refractivity contribution in [2.45, 2.75) is 9.79 Å². The van der Waals surface area contributed by atoms with E-state index in [1.807, 2.05) is 0 Å². The normalized spacial score (nSPS) is 10.1. The van der Waals surface area contributed by atoms with Crippen molar-refractivity contribution in [3.05, 3.63) is 59.7 Å². The lowest BCUT2D eigenvalue weighted by atomic mass is 10.2. The molecule has 6 N–H and O–H groups in total. The number of hydrogen-bond acceptors (Lipinski definition) is 6. The van der Waals surface area contributed by atoms with Crippen molar-refractivity contribution in [3.63, 3.8) is 0 Å². The van der Waals surface area contributed by atoms with Gasteiger partial charge in [0.2, 0.25) is 11.8 Å². The quantitative estimate of drug-likeness (QED) is 0.446. The number of amides is 4. The lowest BCUT2D eigenvalue weighted by Gasteiger charge is -2.11. The van der Waals surface area contributed by atoms with Gasteiger partial charge in [-0.1, -0.05) is 45.9 Å². The molecule has 0 radical (unpaired) electrons. The molecule has 0 saturated carbocycles. The number of nitrogens with one attached hydrogen (secondary N) is 2. The van der Waals surface area contributed by atoms with E-state index in [0.717, 1.165) is 0 Å². The summed E-state index contributed by atoms with van der Waals surface area (Å²) in [5.41, 5.74) is 10.9. The van der Waals surface area contributed by atoms with Crippen LogP contribution >= 0.6 is 21.6 Å². The van der Waals surface area contributed by atoms with E-state index in [4.69, 9.17) is 11.5 Å². The van der Waals surface area contributed by atoms with E-state index >= 15 is 0 Å². The monoisotopic (exact) mass is 418 g/mol. The zero-order valence-electron chi connectivity index (χ0n) is 14.6. The van der Waals surface area contributed by atoms with Crippen molar-refractivity contribution in [3.8, 4) is 0 Å². The van der Waals surface area contributed by atoms with Gasteiger partial charge in [-0.25, -0.2) is 0 Å². The van der Waals surface area contributed by atoms with Crippen LogP contribution in [-0.2, 0) is 9.59 Å². The average molecular weight is 419 g/mol. The molecule has 10 heteroatoms. The first kappa shape index (κ1) is 21.3. The second-order valence-electron chi connectivity index (χ2n) is 5.46. The lowest BCUT2D eigenvalue weighted by Crippen LogP contribution is -2.33. The van der Waals surface area contributed by atoms with Gasteiger partial charge in [-0.3, -0.25) is 19.2 Å². The molecule has 2 aromatic carbocycles. The van der Waals surface area contributed by atoms with Crippen LogP contribution in [0, 0.1) is 0 Å². The Morgan fingerprint density at radius 3 is 1.39 bits per heavy atom. The molecule has 0 saturated heterocycles. The summed E-state index contributed by atoms with van der Waals surface area (Å²) in [7, 11) is 2.57. The van der Waals surface area contributed by atoms with Gasteiger partial charge in [-0.05, 0) is 24.3 Å². The fourth-order valence-corrected chi connectivity index (χ4v) is 4.43. The van der Waals surface area contributed by atoms with E-state index in [2.05, 4.69) is 10.6 Å². The molecule has 0 unspecified atom stereocenters. The second kappa shape index (κ2) is 10.4. The molecule has 8 nitrogen and oxygen atoms in total. The van der Waals surface area contributed by atoms with E-state index in [-0.39, 0.29) is 13.1 Å². The Labute approximate surface area is 169 Å². The van der Waals surface area contributed by atoms with Gasteiger partial charge in [0.15, 0.2) is 0 Å². The van der Waals surface area contributed by atoms with Gasteiger partial charge in [0, 0.05) is 9.79 Å². The van der Waals surface area contributed by atoms with E-state index in [0.29, 0.717) is 20.9 Å². The first-order chi connectivity index (χ1) is 13.4. The molecule has 4 amide bonds. The van der Waals surface area contributed by atoms with Gasteiger partial charge in [0.25, 0.3) is 11.8 Å². The summed E-state index contributed by atoms with van der Waals surface area (Å²) in [6, 6.07) is 13.7. The highest BCUT2D eigenvalue weighted by atomic mass is 33.1. The molecule has 0 aliphatic rings. The van der Waals surface area contributed by atoms with Gasteiger partial charge in [0.1, 0.15) is 0 Å². The van der Waals surface area contributed by atoms with Gasteiger partial charge >= 0.3 is 0 Å². The maximum atomic E-state index is 12.3. The summed E-state index contributed by atoms with van der Waals surface area (Å²) in [6.45, 7) is -0.512. The lowest BCUT2D eigenvalue weighted by molar-refractivity contribution is -0.117. The standard InChI is InChI=1S/C18H18N4O4S2/c19-15(23)9-21-17(25)11-5-1-3-7-13(11)27-28-14-8-4-2-6-12(14)18(26)22-10-16(20)24/h1-8H,9-10H2,(H2,19,23)(H2,20,24)(H,21,25)(H,22,26). The van der Waals surface area contributed by atoms with Crippen LogP contribution in [0.15, 0.2) is 58.3 Å². The van der Waals surface area contributed by atoms with Crippen molar-refractivity contribution < 1.29 is 19.2 Å². The highest BCUT2D eigenvalue weighted by Crippen LogP contribution is 2.40. The molecule has 0 aliphatic heterocycles. The Balaban J connectivity index is 2.13. The third-order valence-corrected chi connectivity index (χ3v) is 5.81. The number of nitrogens with two attached hydrogens (primary N) is 2. The van der Waals surface area contributed by atoms with Crippen LogP contribution in [0.25, 0.3) is 0 Å². The first-order valence-electron chi connectivity index (χ1n) is 8.04. The average Bonchev–Trinajstić information content (AvgIpc) is 2.69. The molecule has 2 rings (SSSR count). The van der Waals surface area contributed by atoms with E-state index < -0.39 is 23.6 Å². The molecular weight excluding hydrogens is 400 g/mol. The topological polar surface area (TPSA) is 144 Å². The van der Waals surface area contributed by atoms with Crippen LogP contribution in [0.5, 0.6) is 0 Å². The fraction of sp³-hybridized carbons (Fsp3) is 0.111. The molecule has 0 aliphatic carbocycles. The summed E-state index contributed by atoms with van der Waals surface area (Å²) in [5.74, 6) is -2.11. The summed E-state index contributed by atoms with van der Waals surface area (Å²) < 4.78 is 0. The molecule has 0 spiro atoms. The number of primary amides is 2. The Hall–Kier alpha value is -2.98. The molecule has 28 heavy (non-hydrogen) atoms. The molecular formula is C18H18N4O4S2. The predicted octanol–water partition coefficient (Wildman–Crippen LogP) is 0.916. The minimum atomic E-state index is -0.635. The van der Waals surface area contributed by atoms with Crippen molar-refractivity contribution >= 4 is 45.2 Å². The first-order valence-corrected chi connectivity index (χ1v) is 10.2. The van der Waals surface area contributed by atoms with Crippen molar-refractivity contribution in [2.75, 3.05) is 13.1 Å². The fourth-order valence-electron chi connectivity index (χ4n) is 2.07. The number of hydrogen-bond donors (Lipinski definition) is 4. The molecule has 0 heterocycles. The zero-order valence-corrected chi connectivity index (χ0v) is 16.3. The van der Waals surface area contributed by atoms with Crippen molar-refractivity contribution in [2.24, 2.45) is 11.5 Å². The minimum absolute atomic E-state index is 0.256. The maximum Gasteiger partial charge on any atom is 0.252 e. The third kappa shape index (κ3) is 6.32. The van der Waals surface area contributed by atoms with Crippen LogP contribution in [0.3, 0.4) is 0 Å². The molecule has 0 atom stereocenters. The summed E-state index contributed by atoms with van der Waals surface area (Å²) in [6.07, 6.45) is 0. The maximum absolute atomic E-state index is 12.3. The zero-order chi connectivity index (χ0) is 20.5. The highest BCUT2D eigenvalue weighted by molar-refractivity contribution is 8.76. The number of carbonyl (C=O) groups is 4. The smallest absolute Gasteiger partial charge is 0.252 e. The van der Waals surface area contributed by atoms with Crippen LogP contribution in [-0.4, -0.2) is 36.7 Å². The van der Waals surface area contributed by atoms with Crippen LogP contribution in [0.4, 0.5) is 0 Å². The van der Waals surface area contributed by atoms with E-state index in [1.54, 1.807) is 48.5 Å². The predicted molar refractivity (Wildman–Crippen MR) is 108 cm³/mol. The molecule has 0 fully saturated rings. The van der Waals surface area contributed by atoms with E-state index in [9.17, 15) is 19.2 Å². The minimum Gasteiger partial charge on any atom is -0.368 e. The highest BCUT2D eigenvalue weighted by Gasteiger charge is 2.15. The van der Waals surface area contributed by atoms with Crippen LogP contribution < -0.4 is 22.1 Å². The molecule has 0 aromatic heterocycles. The van der Waals surface area contributed by atoms with Crippen molar-refractivity contribution in [1.82, 2.24) is 10.6 Å². The van der Waals surface area contributed by atoms with Gasteiger partial charge in [-0.15, -0.1) is 0 Å². The SMILES string of the molecule is NC(=O)CNC(=O)c1ccccc1SSc1ccccc1C(=O)NCC(N)=O. The molecule has 0 bridgehead atoms. The van der Waals surface area contributed by atoms with Crippen LogP contribution in [0.2, 0.25) is 0 Å². The van der Waals surface area contributed by atoms with Crippen molar-refractivity contribution in [1.29, 1.82) is 0 Å². The Morgan fingerprint density at radius 2 is 1.04 bits per heavy atom. The summed E-state index contributed by atoms with van der Waals surface area (Å²) in [5, 5.41) is 4.90. The summed E-state index contributed by atoms with van der Waals surface area (Å²) >= 11 is 0. The Bertz CT molecular complexity index is 831. The summed E-state index contributed by atoms with van der Waals surface area (Å²) in [4.78, 5) is 47.5. The second-order valence-corrected chi connectivity index (χ2v) is 7.67. The number of rotatable bonds is 9. The van der Waals surface area contributed by atoms with Crippen LogP contribution in [0.1, 0.15) is 20.7 Å². The Morgan fingerprint density at radius 1 is 0.679 bits per heavy atom. The largest absolute Gasteiger partial charge is 0.368 e. The van der Waals surface area contributed by atoms with E-state index in [1.165, 1.54) is 21.6 Å². The number of carbonyl (C=O) groups excluding carboxylic acids is 4. The number of benzene rings is 2. The third-order valence-electron chi connectivity index (χ3n) is 3.33. The van der Waals surface area contributed by atoms with Gasteiger partial charge in [0.05, 0.1) is 24.2 Å².